The Morgan fingerprint density at radius 2 is 2.21 bits per heavy atom. The van der Waals surface area contributed by atoms with E-state index in [4.69, 9.17) is 11.6 Å². The van der Waals surface area contributed by atoms with Crippen molar-refractivity contribution < 1.29 is 9.18 Å². The van der Waals surface area contributed by atoms with Crippen LogP contribution in [0, 0.1) is 5.82 Å². The molecule has 0 saturated heterocycles. The van der Waals surface area contributed by atoms with Crippen molar-refractivity contribution in [2.45, 2.75) is 6.54 Å². The summed E-state index contributed by atoms with van der Waals surface area (Å²) in [5.74, 6) is -0.147. The van der Waals surface area contributed by atoms with E-state index in [0.29, 0.717) is 11.4 Å². The van der Waals surface area contributed by atoms with Crippen molar-refractivity contribution in [1.29, 1.82) is 0 Å². The van der Waals surface area contributed by atoms with Crippen LogP contribution in [-0.4, -0.2) is 16.2 Å². The molecule has 0 radical (unpaired) electrons. The molecule has 5 nitrogen and oxygen atoms in total. The molecule has 0 spiro atoms. The third-order valence-electron chi connectivity index (χ3n) is 2.25. The van der Waals surface area contributed by atoms with Crippen LogP contribution in [0.3, 0.4) is 0 Å². The number of nitrogens with one attached hydrogen (secondary N) is 2. The minimum atomic E-state index is -0.491. The van der Waals surface area contributed by atoms with Crippen molar-refractivity contribution in [3.63, 3.8) is 0 Å². The van der Waals surface area contributed by atoms with Gasteiger partial charge in [0.1, 0.15) is 5.82 Å². The number of aromatic nitrogens is 2. The summed E-state index contributed by atoms with van der Waals surface area (Å²) in [6, 6.07) is 7.09. The van der Waals surface area contributed by atoms with Crippen LogP contribution in [0.25, 0.3) is 0 Å². The number of carbonyl (C=O) groups is 1. The summed E-state index contributed by atoms with van der Waals surface area (Å²) in [7, 11) is 0. The summed E-state index contributed by atoms with van der Waals surface area (Å²) in [6.45, 7) is 0.228. The number of carbonyl (C=O) groups excluding carboxylic acids is 1. The predicted molar refractivity (Wildman–Crippen MR) is 69.3 cm³/mol. The van der Waals surface area contributed by atoms with E-state index in [1.807, 2.05) is 0 Å². The van der Waals surface area contributed by atoms with Gasteiger partial charge in [0.05, 0.1) is 5.02 Å². The maximum Gasteiger partial charge on any atom is 0.320 e. The van der Waals surface area contributed by atoms with E-state index in [0.717, 1.165) is 0 Å². The molecule has 0 unspecified atom stereocenters. The van der Waals surface area contributed by atoms with E-state index in [1.165, 1.54) is 18.3 Å². The average molecular weight is 281 g/mol. The largest absolute Gasteiger partial charge is 0.334 e. The van der Waals surface area contributed by atoms with E-state index in [1.54, 1.807) is 18.2 Å². The molecule has 1 aromatic heterocycles. The standard InChI is InChI=1S/C12H10ClFN4O/c13-9-6-8(3-4-10(9)14)7-15-12(19)17-11-2-1-5-16-18-11/h1-6H,7H2,(H2,15,17,18,19). The lowest BCUT2D eigenvalue weighted by molar-refractivity contribution is 0.251. The van der Waals surface area contributed by atoms with Crippen LogP contribution in [0.2, 0.25) is 5.02 Å². The number of urea groups is 1. The van der Waals surface area contributed by atoms with E-state index in [9.17, 15) is 9.18 Å². The van der Waals surface area contributed by atoms with Crippen molar-refractivity contribution >= 4 is 23.4 Å². The van der Waals surface area contributed by atoms with Crippen LogP contribution < -0.4 is 10.6 Å². The van der Waals surface area contributed by atoms with Gasteiger partial charge in [0.25, 0.3) is 0 Å². The Bertz CT molecular complexity index is 579. The molecule has 2 rings (SSSR count). The molecule has 7 heteroatoms. The molecule has 0 aliphatic carbocycles. The van der Waals surface area contributed by atoms with E-state index >= 15 is 0 Å². The van der Waals surface area contributed by atoms with Gasteiger partial charge in [-0.15, -0.1) is 5.10 Å². The quantitative estimate of drug-likeness (QED) is 0.908. The lowest BCUT2D eigenvalue weighted by Crippen LogP contribution is -2.28. The molecule has 2 aromatic rings. The van der Waals surface area contributed by atoms with E-state index < -0.39 is 11.8 Å². The molecule has 0 aliphatic rings. The zero-order valence-corrected chi connectivity index (χ0v) is 10.5. The molecule has 0 fully saturated rings. The summed E-state index contributed by atoms with van der Waals surface area (Å²) >= 11 is 5.64. The van der Waals surface area contributed by atoms with Gasteiger partial charge in [0.2, 0.25) is 0 Å². The Balaban J connectivity index is 1.88. The number of benzene rings is 1. The molecule has 0 aliphatic heterocycles. The number of anilines is 1. The van der Waals surface area contributed by atoms with Crippen LogP contribution in [0.4, 0.5) is 15.0 Å². The zero-order chi connectivity index (χ0) is 13.7. The second kappa shape index (κ2) is 6.10. The lowest BCUT2D eigenvalue weighted by atomic mass is 10.2. The Labute approximate surface area is 113 Å². The minimum Gasteiger partial charge on any atom is -0.334 e. The van der Waals surface area contributed by atoms with Crippen LogP contribution in [0.1, 0.15) is 5.56 Å². The number of amides is 2. The highest BCUT2D eigenvalue weighted by Gasteiger charge is 2.04. The van der Waals surface area contributed by atoms with E-state index in [2.05, 4.69) is 20.8 Å². The van der Waals surface area contributed by atoms with Gasteiger partial charge >= 0.3 is 6.03 Å². The maximum atomic E-state index is 12.9. The van der Waals surface area contributed by atoms with E-state index in [-0.39, 0.29) is 11.6 Å². The first-order chi connectivity index (χ1) is 9.15. The normalized spacial score (nSPS) is 10.0. The molecule has 2 N–H and O–H groups in total. The number of halogens is 2. The van der Waals surface area contributed by atoms with Crippen molar-refractivity contribution in [1.82, 2.24) is 15.5 Å². The van der Waals surface area contributed by atoms with Crippen molar-refractivity contribution in [3.8, 4) is 0 Å². The summed E-state index contributed by atoms with van der Waals surface area (Å²) in [5, 5.41) is 12.5. The van der Waals surface area contributed by atoms with Crippen molar-refractivity contribution in [2.75, 3.05) is 5.32 Å². The summed E-state index contributed by atoms with van der Waals surface area (Å²) in [5.41, 5.74) is 0.695. The number of hydrogen-bond donors (Lipinski definition) is 2. The van der Waals surface area contributed by atoms with Gasteiger partial charge in [-0.2, -0.15) is 5.10 Å². The SMILES string of the molecule is O=C(NCc1ccc(F)c(Cl)c1)Nc1cccnn1. The molecule has 0 atom stereocenters. The van der Waals surface area contributed by atoms with Gasteiger partial charge in [0, 0.05) is 12.7 Å². The monoisotopic (exact) mass is 280 g/mol. The fourth-order valence-electron chi connectivity index (χ4n) is 1.36. The number of hydrogen-bond acceptors (Lipinski definition) is 3. The van der Waals surface area contributed by atoms with Gasteiger partial charge in [-0.25, -0.2) is 9.18 Å². The smallest absolute Gasteiger partial charge is 0.320 e. The first-order valence-electron chi connectivity index (χ1n) is 5.41. The van der Waals surface area contributed by atoms with Gasteiger partial charge in [0.15, 0.2) is 5.82 Å². The summed E-state index contributed by atoms with van der Waals surface area (Å²) in [6.07, 6.45) is 1.50. The van der Waals surface area contributed by atoms with Crippen molar-refractivity contribution in [3.05, 3.63) is 52.9 Å². The highest BCUT2D eigenvalue weighted by molar-refractivity contribution is 6.30. The summed E-state index contributed by atoms with van der Waals surface area (Å²) < 4.78 is 12.9. The molecular formula is C12H10ClFN4O. The Hall–Kier alpha value is -2.21. The van der Waals surface area contributed by atoms with Crippen LogP contribution in [-0.2, 0) is 6.54 Å². The first kappa shape index (κ1) is 13.2. The highest BCUT2D eigenvalue weighted by Crippen LogP contribution is 2.15. The molecule has 19 heavy (non-hydrogen) atoms. The Morgan fingerprint density at radius 1 is 1.37 bits per heavy atom. The average Bonchev–Trinajstić information content (AvgIpc) is 2.41. The van der Waals surface area contributed by atoms with Crippen LogP contribution in [0.15, 0.2) is 36.5 Å². The van der Waals surface area contributed by atoms with Crippen LogP contribution >= 0.6 is 11.6 Å². The minimum absolute atomic E-state index is 0.0219. The molecule has 0 saturated carbocycles. The van der Waals surface area contributed by atoms with Gasteiger partial charge in [-0.05, 0) is 29.8 Å². The third kappa shape index (κ3) is 3.89. The Morgan fingerprint density at radius 3 is 2.89 bits per heavy atom. The zero-order valence-electron chi connectivity index (χ0n) is 9.73. The van der Waals surface area contributed by atoms with Gasteiger partial charge in [-0.3, -0.25) is 5.32 Å². The molecule has 1 aromatic carbocycles. The van der Waals surface area contributed by atoms with Gasteiger partial charge < -0.3 is 5.32 Å². The third-order valence-corrected chi connectivity index (χ3v) is 2.54. The summed E-state index contributed by atoms with van der Waals surface area (Å²) in [4.78, 5) is 11.5. The first-order valence-corrected chi connectivity index (χ1v) is 5.79. The molecule has 2 amide bonds. The topological polar surface area (TPSA) is 66.9 Å². The number of rotatable bonds is 3. The second-order valence-corrected chi connectivity index (χ2v) is 4.07. The number of nitrogens with zero attached hydrogens (tertiary/aromatic N) is 2. The van der Waals surface area contributed by atoms with Gasteiger partial charge in [-0.1, -0.05) is 17.7 Å². The predicted octanol–water partition coefficient (Wildman–Crippen LogP) is 2.59. The van der Waals surface area contributed by atoms with Crippen LogP contribution in [0.5, 0.6) is 0 Å². The molecular weight excluding hydrogens is 271 g/mol. The maximum absolute atomic E-state index is 12.9. The lowest BCUT2D eigenvalue weighted by Gasteiger charge is -2.07. The molecule has 98 valence electrons. The highest BCUT2D eigenvalue weighted by atomic mass is 35.5. The molecule has 0 bridgehead atoms. The van der Waals surface area contributed by atoms with Crippen molar-refractivity contribution in [2.24, 2.45) is 0 Å². The molecule has 1 heterocycles. The second-order valence-electron chi connectivity index (χ2n) is 3.67. The Kier molecular flexibility index (Phi) is 4.25. The fraction of sp³-hybridized carbons (Fsp3) is 0.0833. The fourth-order valence-corrected chi connectivity index (χ4v) is 1.56.